The molecule has 2 aromatic carbocycles. The highest BCUT2D eigenvalue weighted by atomic mass is 32.2. The summed E-state index contributed by atoms with van der Waals surface area (Å²) in [6.45, 7) is 1.66. The Balaban J connectivity index is 1.49. The SMILES string of the molecule is O=C(CN1CCN(S(=O)(=O)c2ccc(OC(F)(F)F)cc2)CC1)NCc1ccccc1. The number of carbonyl (C=O) groups excluding carboxylic acids is 1. The van der Waals surface area contributed by atoms with Gasteiger partial charge < -0.3 is 10.1 Å². The number of alkyl halides is 3. The van der Waals surface area contributed by atoms with Crippen LogP contribution in [-0.2, 0) is 21.4 Å². The number of halogens is 3. The molecule has 1 heterocycles. The van der Waals surface area contributed by atoms with Gasteiger partial charge in [-0.05, 0) is 29.8 Å². The average Bonchev–Trinajstić information content (AvgIpc) is 2.73. The van der Waals surface area contributed by atoms with Crippen molar-refractivity contribution in [1.82, 2.24) is 14.5 Å². The molecule has 1 aliphatic rings. The monoisotopic (exact) mass is 457 g/mol. The Kier molecular flexibility index (Phi) is 7.19. The normalized spacial score (nSPS) is 16.1. The number of sulfonamides is 1. The Morgan fingerprint density at radius 1 is 0.968 bits per heavy atom. The van der Waals surface area contributed by atoms with Crippen LogP contribution in [0, 0.1) is 0 Å². The van der Waals surface area contributed by atoms with Crippen LogP contribution >= 0.6 is 0 Å². The lowest BCUT2D eigenvalue weighted by atomic mass is 10.2. The van der Waals surface area contributed by atoms with Gasteiger partial charge in [0.05, 0.1) is 11.4 Å². The number of piperazine rings is 1. The van der Waals surface area contributed by atoms with Crippen LogP contribution < -0.4 is 10.1 Å². The van der Waals surface area contributed by atoms with Crippen molar-refractivity contribution < 1.29 is 31.1 Å². The minimum Gasteiger partial charge on any atom is -0.406 e. The highest BCUT2D eigenvalue weighted by Gasteiger charge is 2.32. The molecule has 0 aromatic heterocycles. The standard InChI is InChI=1S/C20H22F3N3O4S/c21-20(22,23)30-17-6-8-18(9-7-17)31(28,29)26-12-10-25(11-13-26)15-19(27)24-14-16-4-2-1-3-5-16/h1-9H,10-15H2,(H,24,27). The van der Waals surface area contributed by atoms with Gasteiger partial charge in [-0.1, -0.05) is 30.3 Å². The minimum absolute atomic E-state index is 0.115. The third-order valence-corrected chi connectivity index (χ3v) is 6.64. The molecule has 0 atom stereocenters. The quantitative estimate of drug-likeness (QED) is 0.690. The largest absolute Gasteiger partial charge is 0.573 e. The lowest BCUT2D eigenvalue weighted by Gasteiger charge is -2.33. The number of hydrogen-bond acceptors (Lipinski definition) is 5. The van der Waals surface area contributed by atoms with Gasteiger partial charge in [-0.3, -0.25) is 9.69 Å². The third-order valence-electron chi connectivity index (χ3n) is 4.73. The van der Waals surface area contributed by atoms with Gasteiger partial charge in [-0.15, -0.1) is 13.2 Å². The van der Waals surface area contributed by atoms with Crippen molar-refractivity contribution in [2.24, 2.45) is 0 Å². The molecule has 1 fully saturated rings. The number of hydrogen-bond donors (Lipinski definition) is 1. The minimum atomic E-state index is -4.84. The molecule has 0 saturated carbocycles. The predicted octanol–water partition coefficient (Wildman–Crippen LogP) is 2.21. The summed E-state index contributed by atoms with van der Waals surface area (Å²) < 4.78 is 67.2. The van der Waals surface area contributed by atoms with E-state index in [1.807, 2.05) is 35.2 Å². The fourth-order valence-electron chi connectivity index (χ4n) is 3.15. The molecule has 1 N–H and O–H groups in total. The Labute approximate surface area is 178 Å². The maximum absolute atomic E-state index is 12.7. The fraction of sp³-hybridized carbons (Fsp3) is 0.350. The second kappa shape index (κ2) is 9.67. The number of nitrogens with one attached hydrogen (secondary N) is 1. The molecule has 11 heteroatoms. The van der Waals surface area contributed by atoms with E-state index in [4.69, 9.17) is 0 Å². The zero-order valence-corrected chi connectivity index (χ0v) is 17.3. The van der Waals surface area contributed by atoms with E-state index in [-0.39, 0.29) is 30.4 Å². The molecule has 1 saturated heterocycles. The summed E-state index contributed by atoms with van der Waals surface area (Å²) in [6.07, 6.45) is -4.84. The van der Waals surface area contributed by atoms with Crippen LogP contribution in [0.5, 0.6) is 5.75 Å². The number of ether oxygens (including phenoxy) is 1. The van der Waals surface area contributed by atoms with Crippen molar-refractivity contribution in [3.8, 4) is 5.75 Å². The summed E-state index contributed by atoms with van der Waals surface area (Å²) in [7, 11) is -3.85. The Morgan fingerprint density at radius 3 is 2.16 bits per heavy atom. The first kappa shape index (κ1) is 23.0. The van der Waals surface area contributed by atoms with E-state index < -0.39 is 22.1 Å². The zero-order chi connectivity index (χ0) is 22.5. The van der Waals surface area contributed by atoms with E-state index in [0.29, 0.717) is 19.6 Å². The maximum Gasteiger partial charge on any atom is 0.573 e. The first-order valence-electron chi connectivity index (χ1n) is 9.52. The van der Waals surface area contributed by atoms with Gasteiger partial charge in [0.25, 0.3) is 0 Å². The summed E-state index contributed by atoms with van der Waals surface area (Å²) in [5, 5.41) is 2.83. The van der Waals surface area contributed by atoms with E-state index >= 15 is 0 Å². The topological polar surface area (TPSA) is 79.0 Å². The van der Waals surface area contributed by atoms with Crippen molar-refractivity contribution in [1.29, 1.82) is 0 Å². The maximum atomic E-state index is 12.7. The molecule has 1 aliphatic heterocycles. The lowest BCUT2D eigenvalue weighted by molar-refractivity contribution is -0.274. The Hall–Kier alpha value is -2.63. The molecule has 0 unspecified atom stereocenters. The van der Waals surface area contributed by atoms with Gasteiger partial charge in [0, 0.05) is 32.7 Å². The van der Waals surface area contributed by atoms with Crippen molar-refractivity contribution in [2.45, 2.75) is 17.8 Å². The molecule has 0 radical (unpaired) electrons. The fourth-order valence-corrected chi connectivity index (χ4v) is 4.57. The van der Waals surface area contributed by atoms with E-state index in [2.05, 4.69) is 10.1 Å². The Bertz CT molecular complexity index is 975. The van der Waals surface area contributed by atoms with Gasteiger partial charge in [0.15, 0.2) is 0 Å². The van der Waals surface area contributed by atoms with Crippen LogP contribution in [0.3, 0.4) is 0 Å². The average molecular weight is 457 g/mol. The summed E-state index contributed by atoms with van der Waals surface area (Å²) in [5.41, 5.74) is 0.985. The van der Waals surface area contributed by atoms with E-state index in [1.165, 1.54) is 4.31 Å². The Morgan fingerprint density at radius 2 is 1.58 bits per heavy atom. The smallest absolute Gasteiger partial charge is 0.406 e. The van der Waals surface area contributed by atoms with Crippen LogP contribution in [0.2, 0.25) is 0 Å². The molecule has 0 spiro atoms. The second-order valence-electron chi connectivity index (χ2n) is 6.96. The molecule has 7 nitrogen and oxygen atoms in total. The predicted molar refractivity (Wildman–Crippen MR) is 107 cm³/mol. The van der Waals surface area contributed by atoms with Crippen LogP contribution in [-0.4, -0.2) is 62.6 Å². The zero-order valence-electron chi connectivity index (χ0n) is 16.5. The van der Waals surface area contributed by atoms with Gasteiger partial charge in [-0.2, -0.15) is 4.31 Å². The molecular weight excluding hydrogens is 435 g/mol. The summed E-state index contributed by atoms with van der Waals surface area (Å²) in [6, 6.07) is 13.6. The highest BCUT2D eigenvalue weighted by Crippen LogP contribution is 2.25. The van der Waals surface area contributed by atoms with E-state index in [0.717, 1.165) is 29.8 Å². The van der Waals surface area contributed by atoms with E-state index in [9.17, 15) is 26.4 Å². The van der Waals surface area contributed by atoms with Crippen LogP contribution in [0.4, 0.5) is 13.2 Å². The van der Waals surface area contributed by atoms with E-state index in [1.54, 1.807) is 0 Å². The van der Waals surface area contributed by atoms with Crippen molar-refractivity contribution in [3.05, 3.63) is 60.2 Å². The number of benzene rings is 2. The lowest BCUT2D eigenvalue weighted by Crippen LogP contribution is -2.50. The number of amides is 1. The third kappa shape index (κ3) is 6.68. The summed E-state index contributed by atoms with van der Waals surface area (Å²) in [4.78, 5) is 13.9. The molecule has 31 heavy (non-hydrogen) atoms. The first-order chi connectivity index (χ1) is 14.6. The molecule has 2 aromatic rings. The number of nitrogens with zero attached hydrogens (tertiary/aromatic N) is 2. The number of rotatable bonds is 7. The van der Waals surface area contributed by atoms with Gasteiger partial charge >= 0.3 is 6.36 Å². The van der Waals surface area contributed by atoms with Crippen molar-refractivity contribution >= 4 is 15.9 Å². The molecule has 1 amide bonds. The van der Waals surface area contributed by atoms with Crippen LogP contribution in [0.1, 0.15) is 5.56 Å². The highest BCUT2D eigenvalue weighted by molar-refractivity contribution is 7.89. The van der Waals surface area contributed by atoms with Gasteiger partial charge in [0.1, 0.15) is 5.75 Å². The second-order valence-corrected chi connectivity index (χ2v) is 8.90. The molecular formula is C20H22F3N3O4S. The first-order valence-corrected chi connectivity index (χ1v) is 11.0. The molecule has 0 bridgehead atoms. The molecule has 0 aliphatic carbocycles. The van der Waals surface area contributed by atoms with Crippen molar-refractivity contribution in [2.75, 3.05) is 32.7 Å². The van der Waals surface area contributed by atoms with Gasteiger partial charge in [-0.25, -0.2) is 8.42 Å². The van der Waals surface area contributed by atoms with Crippen molar-refractivity contribution in [3.63, 3.8) is 0 Å². The summed E-state index contributed by atoms with van der Waals surface area (Å²) >= 11 is 0. The van der Waals surface area contributed by atoms with Crippen LogP contribution in [0.15, 0.2) is 59.5 Å². The number of carbonyl (C=O) groups is 1. The van der Waals surface area contributed by atoms with Gasteiger partial charge in [0.2, 0.25) is 15.9 Å². The molecule has 168 valence electrons. The molecule has 3 rings (SSSR count). The summed E-state index contributed by atoms with van der Waals surface area (Å²) in [5.74, 6) is -0.641. The van der Waals surface area contributed by atoms with Crippen LogP contribution in [0.25, 0.3) is 0 Å².